The van der Waals surface area contributed by atoms with Crippen LogP contribution in [0.5, 0.6) is 0 Å². The van der Waals surface area contributed by atoms with Crippen LogP contribution >= 0.6 is 23.2 Å². The van der Waals surface area contributed by atoms with Crippen molar-refractivity contribution in [3.05, 3.63) is 39.3 Å². The third kappa shape index (κ3) is 2.00. The Balaban J connectivity index is 2.97. The number of hydrogen-bond donors (Lipinski definition) is 0. The smallest absolute Gasteiger partial charge is 0.134 e. The number of fused-ring (bicyclic) bond motifs is 1. The van der Waals surface area contributed by atoms with Gasteiger partial charge in [-0.15, -0.1) is 0 Å². The van der Waals surface area contributed by atoms with Crippen molar-refractivity contribution in [1.29, 1.82) is 0 Å². The number of aryl methyl sites for hydroxylation is 1. The predicted octanol–water partition coefficient (Wildman–Crippen LogP) is 5.11. The first-order valence-corrected chi connectivity index (χ1v) is 6.12. The average Bonchev–Trinajstić information content (AvgIpc) is 2.22. The molecule has 0 N–H and O–H groups in total. The van der Waals surface area contributed by atoms with Crippen LogP contribution in [0.1, 0.15) is 31.0 Å². The van der Waals surface area contributed by atoms with E-state index in [4.69, 9.17) is 23.2 Å². The van der Waals surface area contributed by atoms with Crippen molar-refractivity contribution in [3.63, 3.8) is 0 Å². The third-order valence-corrected chi connectivity index (χ3v) is 3.48. The van der Waals surface area contributed by atoms with Gasteiger partial charge < -0.3 is 0 Å². The molecule has 0 saturated heterocycles. The lowest BCUT2D eigenvalue weighted by Crippen LogP contribution is -1.99. The van der Waals surface area contributed by atoms with Crippen molar-refractivity contribution >= 4 is 34.1 Å². The van der Waals surface area contributed by atoms with E-state index < -0.39 is 0 Å². The summed E-state index contributed by atoms with van der Waals surface area (Å²) >= 11 is 12.3. The number of benzene rings is 1. The highest BCUT2D eigenvalue weighted by molar-refractivity contribution is 6.39. The van der Waals surface area contributed by atoms with E-state index in [0.717, 1.165) is 11.3 Å². The SMILES string of the molecule is Cc1nc2c(Cl)ccc(F)c2c(Cl)c1C(C)C. The van der Waals surface area contributed by atoms with Gasteiger partial charge in [0, 0.05) is 5.69 Å². The second-order valence-corrected chi connectivity index (χ2v) is 5.12. The lowest BCUT2D eigenvalue weighted by atomic mass is 9.99. The fourth-order valence-corrected chi connectivity index (χ4v) is 2.79. The summed E-state index contributed by atoms with van der Waals surface area (Å²) < 4.78 is 13.8. The minimum atomic E-state index is -0.385. The van der Waals surface area contributed by atoms with Crippen LogP contribution in [0.4, 0.5) is 4.39 Å². The zero-order valence-electron chi connectivity index (χ0n) is 9.81. The summed E-state index contributed by atoms with van der Waals surface area (Å²) in [4.78, 5) is 4.36. The number of nitrogens with zero attached hydrogens (tertiary/aromatic N) is 1. The maximum Gasteiger partial charge on any atom is 0.134 e. The van der Waals surface area contributed by atoms with Gasteiger partial charge in [-0.3, -0.25) is 4.98 Å². The predicted molar refractivity (Wildman–Crippen MR) is 70.5 cm³/mol. The number of aromatic nitrogens is 1. The highest BCUT2D eigenvalue weighted by Crippen LogP contribution is 2.36. The minimum Gasteiger partial charge on any atom is -0.251 e. The van der Waals surface area contributed by atoms with Gasteiger partial charge in [-0.2, -0.15) is 0 Å². The Morgan fingerprint density at radius 2 is 1.88 bits per heavy atom. The summed E-state index contributed by atoms with van der Waals surface area (Å²) in [7, 11) is 0. The lowest BCUT2D eigenvalue weighted by Gasteiger charge is -2.14. The molecule has 1 nitrogen and oxygen atoms in total. The van der Waals surface area contributed by atoms with Gasteiger partial charge in [-0.1, -0.05) is 37.0 Å². The summed E-state index contributed by atoms with van der Waals surface area (Å²) in [5.74, 6) is -0.193. The largest absolute Gasteiger partial charge is 0.251 e. The second-order valence-electron chi connectivity index (χ2n) is 4.33. The third-order valence-electron chi connectivity index (χ3n) is 2.78. The molecule has 0 aliphatic heterocycles. The van der Waals surface area contributed by atoms with Crippen molar-refractivity contribution in [1.82, 2.24) is 4.98 Å². The molecule has 1 aromatic heterocycles. The quantitative estimate of drug-likeness (QED) is 0.702. The molecule has 0 amide bonds. The van der Waals surface area contributed by atoms with E-state index in [2.05, 4.69) is 4.98 Å². The molecule has 0 saturated carbocycles. The maximum atomic E-state index is 13.8. The molecule has 0 bridgehead atoms. The molecule has 0 unspecified atom stereocenters. The zero-order chi connectivity index (χ0) is 12.7. The number of halogens is 3. The molecule has 0 aliphatic rings. The summed E-state index contributed by atoms with van der Waals surface area (Å²) in [6.45, 7) is 5.87. The first-order chi connectivity index (χ1) is 7.93. The highest BCUT2D eigenvalue weighted by atomic mass is 35.5. The van der Waals surface area contributed by atoms with Crippen molar-refractivity contribution in [2.45, 2.75) is 26.7 Å². The van der Waals surface area contributed by atoms with E-state index >= 15 is 0 Å². The Bertz CT molecular complexity index is 594. The molecule has 1 aromatic carbocycles. The van der Waals surface area contributed by atoms with Gasteiger partial charge in [0.1, 0.15) is 5.82 Å². The van der Waals surface area contributed by atoms with E-state index in [1.807, 2.05) is 20.8 Å². The van der Waals surface area contributed by atoms with Crippen LogP contribution in [0.2, 0.25) is 10.0 Å². The summed E-state index contributed by atoms with van der Waals surface area (Å²) in [6.07, 6.45) is 0. The van der Waals surface area contributed by atoms with Crippen LogP contribution in [-0.2, 0) is 0 Å². The Kier molecular flexibility index (Phi) is 3.28. The molecule has 0 atom stereocenters. The summed E-state index contributed by atoms with van der Waals surface area (Å²) in [5, 5.41) is 1.15. The Hall–Kier alpha value is -0.860. The topological polar surface area (TPSA) is 12.9 Å². The Morgan fingerprint density at radius 1 is 1.24 bits per heavy atom. The Labute approximate surface area is 110 Å². The number of pyridine rings is 1. The van der Waals surface area contributed by atoms with E-state index in [1.54, 1.807) is 0 Å². The molecule has 0 spiro atoms. The molecular formula is C13H12Cl2FN. The van der Waals surface area contributed by atoms with Crippen molar-refractivity contribution < 1.29 is 4.39 Å². The summed E-state index contributed by atoms with van der Waals surface area (Å²) in [5.41, 5.74) is 2.10. The number of hydrogen-bond acceptors (Lipinski definition) is 1. The van der Waals surface area contributed by atoms with Gasteiger partial charge in [-0.05, 0) is 30.5 Å². The molecule has 0 fully saturated rings. The van der Waals surface area contributed by atoms with Crippen molar-refractivity contribution in [2.75, 3.05) is 0 Å². The normalized spacial score (nSPS) is 11.5. The van der Waals surface area contributed by atoms with E-state index in [0.29, 0.717) is 20.9 Å². The van der Waals surface area contributed by atoms with Gasteiger partial charge in [0.15, 0.2) is 0 Å². The van der Waals surface area contributed by atoms with Gasteiger partial charge in [0.05, 0.1) is 20.9 Å². The molecule has 4 heteroatoms. The van der Waals surface area contributed by atoms with Crippen LogP contribution in [0, 0.1) is 12.7 Å². The Morgan fingerprint density at radius 3 is 2.47 bits per heavy atom. The molecule has 2 rings (SSSR count). The fourth-order valence-electron chi connectivity index (χ4n) is 2.05. The van der Waals surface area contributed by atoms with E-state index in [9.17, 15) is 4.39 Å². The molecule has 2 aromatic rings. The van der Waals surface area contributed by atoms with Gasteiger partial charge >= 0.3 is 0 Å². The van der Waals surface area contributed by atoms with Gasteiger partial charge in [0.2, 0.25) is 0 Å². The highest BCUT2D eigenvalue weighted by Gasteiger charge is 2.18. The lowest BCUT2D eigenvalue weighted by molar-refractivity contribution is 0.639. The van der Waals surface area contributed by atoms with Gasteiger partial charge in [-0.25, -0.2) is 4.39 Å². The summed E-state index contributed by atoms with van der Waals surface area (Å²) in [6, 6.07) is 2.81. The first kappa shape index (κ1) is 12.6. The monoisotopic (exact) mass is 271 g/mol. The molecule has 0 radical (unpaired) electrons. The fraction of sp³-hybridized carbons (Fsp3) is 0.308. The molecule has 1 heterocycles. The molecule has 0 aliphatic carbocycles. The van der Waals surface area contributed by atoms with Gasteiger partial charge in [0.25, 0.3) is 0 Å². The van der Waals surface area contributed by atoms with Crippen LogP contribution in [0.25, 0.3) is 10.9 Å². The van der Waals surface area contributed by atoms with Crippen LogP contribution < -0.4 is 0 Å². The van der Waals surface area contributed by atoms with Crippen LogP contribution in [0.15, 0.2) is 12.1 Å². The minimum absolute atomic E-state index is 0.192. The average molecular weight is 272 g/mol. The first-order valence-electron chi connectivity index (χ1n) is 5.37. The standard InChI is InChI=1S/C13H12Cl2FN/c1-6(2)10-7(3)17-13-8(14)4-5-9(16)11(13)12(10)15/h4-6H,1-3H3. The van der Waals surface area contributed by atoms with Crippen LogP contribution in [-0.4, -0.2) is 4.98 Å². The van der Waals surface area contributed by atoms with Crippen molar-refractivity contribution in [2.24, 2.45) is 0 Å². The van der Waals surface area contributed by atoms with E-state index in [1.165, 1.54) is 12.1 Å². The molecular weight excluding hydrogens is 260 g/mol. The maximum absolute atomic E-state index is 13.8. The van der Waals surface area contributed by atoms with Crippen molar-refractivity contribution in [3.8, 4) is 0 Å². The second kappa shape index (κ2) is 4.43. The van der Waals surface area contributed by atoms with Crippen LogP contribution in [0.3, 0.4) is 0 Å². The molecule has 90 valence electrons. The number of rotatable bonds is 1. The molecule has 17 heavy (non-hydrogen) atoms. The zero-order valence-corrected chi connectivity index (χ0v) is 11.3. The van der Waals surface area contributed by atoms with E-state index in [-0.39, 0.29) is 11.7 Å².